The standard InChI is InChI=1S/C10H9F2NO4/c1-2-9(14)7-4-3-6(17-10(11)12)5-8(7)13(15)16/h3-5,10H,2H2,1H3. The highest BCUT2D eigenvalue weighted by molar-refractivity contribution is 5.99. The van der Waals surface area contributed by atoms with E-state index < -0.39 is 23.0 Å². The molecule has 92 valence electrons. The van der Waals surface area contributed by atoms with Crippen LogP contribution in [0.25, 0.3) is 0 Å². The van der Waals surface area contributed by atoms with Gasteiger partial charge in [0.25, 0.3) is 5.69 Å². The van der Waals surface area contributed by atoms with Crippen LogP contribution in [0.5, 0.6) is 5.75 Å². The molecule has 1 rings (SSSR count). The largest absolute Gasteiger partial charge is 0.435 e. The predicted octanol–water partition coefficient (Wildman–Crippen LogP) is 2.79. The second-order valence-corrected chi connectivity index (χ2v) is 3.09. The predicted molar refractivity (Wildman–Crippen MR) is 54.3 cm³/mol. The van der Waals surface area contributed by atoms with Gasteiger partial charge in [-0.1, -0.05) is 6.92 Å². The van der Waals surface area contributed by atoms with Crippen LogP contribution in [0.2, 0.25) is 0 Å². The highest BCUT2D eigenvalue weighted by Gasteiger charge is 2.20. The first kappa shape index (κ1) is 13.0. The van der Waals surface area contributed by atoms with Crippen LogP contribution < -0.4 is 4.74 Å². The quantitative estimate of drug-likeness (QED) is 0.454. The summed E-state index contributed by atoms with van der Waals surface area (Å²) in [6, 6.07) is 3.03. The van der Waals surface area contributed by atoms with Crippen LogP contribution in [-0.2, 0) is 0 Å². The highest BCUT2D eigenvalue weighted by atomic mass is 19.3. The van der Waals surface area contributed by atoms with Gasteiger partial charge < -0.3 is 4.74 Å². The number of nitro benzene ring substituents is 1. The van der Waals surface area contributed by atoms with E-state index in [1.165, 1.54) is 0 Å². The lowest BCUT2D eigenvalue weighted by atomic mass is 10.1. The number of ketones is 1. The Bertz CT molecular complexity index is 448. The summed E-state index contributed by atoms with van der Waals surface area (Å²) in [5.41, 5.74) is -0.644. The molecule has 5 nitrogen and oxygen atoms in total. The number of nitrogens with zero attached hydrogens (tertiary/aromatic N) is 1. The Hall–Kier alpha value is -2.05. The summed E-state index contributed by atoms with van der Waals surface area (Å²) in [7, 11) is 0. The fraction of sp³-hybridized carbons (Fsp3) is 0.300. The van der Waals surface area contributed by atoms with E-state index in [1.807, 2.05) is 0 Å². The number of nitro groups is 1. The summed E-state index contributed by atoms with van der Waals surface area (Å²) in [4.78, 5) is 21.3. The van der Waals surface area contributed by atoms with Gasteiger partial charge in [0.05, 0.1) is 16.6 Å². The molecule has 0 aliphatic carbocycles. The first-order valence-corrected chi connectivity index (χ1v) is 4.72. The molecule has 1 aromatic carbocycles. The molecule has 1 aromatic rings. The van der Waals surface area contributed by atoms with Crippen molar-refractivity contribution < 1.29 is 23.2 Å². The fourth-order valence-electron chi connectivity index (χ4n) is 1.26. The lowest BCUT2D eigenvalue weighted by Gasteiger charge is -2.06. The van der Waals surface area contributed by atoms with Gasteiger partial charge in [-0.2, -0.15) is 8.78 Å². The second kappa shape index (κ2) is 5.33. The van der Waals surface area contributed by atoms with E-state index in [0.717, 1.165) is 18.2 Å². The molecule has 0 radical (unpaired) electrons. The van der Waals surface area contributed by atoms with Crippen molar-refractivity contribution >= 4 is 11.5 Å². The van der Waals surface area contributed by atoms with Gasteiger partial charge in [-0.3, -0.25) is 14.9 Å². The van der Waals surface area contributed by atoms with Crippen molar-refractivity contribution in [3.05, 3.63) is 33.9 Å². The van der Waals surface area contributed by atoms with Gasteiger partial charge in [0.15, 0.2) is 5.78 Å². The van der Waals surface area contributed by atoms with Gasteiger partial charge in [0.2, 0.25) is 0 Å². The normalized spacial score (nSPS) is 10.4. The Morgan fingerprint density at radius 1 is 1.53 bits per heavy atom. The molecule has 0 fully saturated rings. The van der Waals surface area contributed by atoms with Crippen molar-refractivity contribution in [1.82, 2.24) is 0 Å². The molecule has 0 N–H and O–H groups in total. The SMILES string of the molecule is CCC(=O)c1ccc(OC(F)F)cc1[N+](=O)[O-]. The van der Waals surface area contributed by atoms with Gasteiger partial charge in [0.1, 0.15) is 5.75 Å². The van der Waals surface area contributed by atoms with Crippen LogP contribution in [0, 0.1) is 10.1 Å². The number of halogens is 2. The Morgan fingerprint density at radius 2 is 2.18 bits per heavy atom. The highest BCUT2D eigenvalue weighted by Crippen LogP contribution is 2.26. The van der Waals surface area contributed by atoms with Crippen molar-refractivity contribution in [1.29, 1.82) is 0 Å². The molecular formula is C10H9F2NO4. The minimum atomic E-state index is -3.07. The third kappa shape index (κ3) is 3.20. The van der Waals surface area contributed by atoms with Crippen LogP contribution in [0.1, 0.15) is 23.7 Å². The molecule has 0 unspecified atom stereocenters. The summed E-state index contributed by atoms with van der Waals surface area (Å²) in [6.07, 6.45) is 0.0931. The zero-order chi connectivity index (χ0) is 13.0. The Balaban J connectivity index is 3.17. The molecule has 7 heteroatoms. The van der Waals surface area contributed by atoms with Gasteiger partial charge in [-0.15, -0.1) is 0 Å². The number of carbonyl (C=O) groups excluding carboxylic acids is 1. The van der Waals surface area contributed by atoms with Crippen LogP contribution in [0.4, 0.5) is 14.5 Å². The number of hydrogen-bond acceptors (Lipinski definition) is 4. The van der Waals surface area contributed by atoms with Gasteiger partial charge in [-0.05, 0) is 12.1 Å². The zero-order valence-corrected chi connectivity index (χ0v) is 8.85. The van der Waals surface area contributed by atoms with Crippen molar-refractivity contribution in [3.63, 3.8) is 0 Å². The summed E-state index contributed by atoms with van der Waals surface area (Å²) in [5.74, 6) is -0.778. The molecule has 0 atom stereocenters. The average Bonchev–Trinajstić information content (AvgIpc) is 2.27. The van der Waals surface area contributed by atoms with Gasteiger partial charge >= 0.3 is 6.61 Å². The molecular weight excluding hydrogens is 236 g/mol. The topological polar surface area (TPSA) is 69.4 Å². The number of rotatable bonds is 5. The number of carbonyl (C=O) groups is 1. The molecule has 0 heterocycles. The third-order valence-electron chi connectivity index (χ3n) is 2.01. The third-order valence-corrected chi connectivity index (χ3v) is 2.01. The van der Waals surface area contributed by atoms with Crippen LogP contribution in [0.15, 0.2) is 18.2 Å². The molecule has 0 saturated carbocycles. The van der Waals surface area contributed by atoms with Crippen LogP contribution >= 0.6 is 0 Å². The van der Waals surface area contributed by atoms with E-state index in [2.05, 4.69) is 4.74 Å². The Morgan fingerprint density at radius 3 is 2.65 bits per heavy atom. The maximum absolute atomic E-state index is 11.9. The summed E-state index contributed by atoms with van der Waals surface area (Å²) >= 11 is 0. The first-order chi connectivity index (χ1) is 7.95. The number of hydrogen-bond donors (Lipinski definition) is 0. The molecule has 0 bridgehead atoms. The van der Waals surface area contributed by atoms with Crippen molar-refractivity contribution in [3.8, 4) is 5.75 Å². The minimum Gasteiger partial charge on any atom is -0.435 e. The van der Waals surface area contributed by atoms with Crippen LogP contribution in [-0.4, -0.2) is 17.3 Å². The average molecular weight is 245 g/mol. The van der Waals surface area contributed by atoms with E-state index in [9.17, 15) is 23.7 Å². The second-order valence-electron chi connectivity index (χ2n) is 3.09. The van der Waals surface area contributed by atoms with E-state index in [4.69, 9.17) is 0 Å². The first-order valence-electron chi connectivity index (χ1n) is 4.72. The molecule has 0 saturated heterocycles. The fourth-order valence-corrected chi connectivity index (χ4v) is 1.26. The van der Waals surface area contributed by atoms with Crippen molar-refractivity contribution in [2.24, 2.45) is 0 Å². The van der Waals surface area contributed by atoms with Gasteiger partial charge in [-0.25, -0.2) is 0 Å². The summed E-state index contributed by atoms with van der Waals surface area (Å²) < 4.78 is 27.9. The van der Waals surface area contributed by atoms with Crippen molar-refractivity contribution in [2.75, 3.05) is 0 Å². The lowest BCUT2D eigenvalue weighted by molar-refractivity contribution is -0.385. The maximum atomic E-state index is 11.9. The Kier molecular flexibility index (Phi) is 4.08. The summed E-state index contributed by atoms with van der Waals surface area (Å²) in [5, 5.41) is 10.7. The molecule has 0 aliphatic rings. The van der Waals surface area contributed by atoms with Gasteiger partial charge in [0, 0.05) is 6.42 Å². The smallest absolute Gasteiger partial charge is 0.387 e. The number of benzene rings is 1. The zero-order valence-electron chi connectivity index (χ0n) is 8.85. The van der Waals surface area contributed by atoms with Crippen LogP contribution in [0.3, 0.4) is 0 Å². The number of alkyl halides is 2. The Labute approximate surface area is 95.2 Å². The number of Topliss-reactive ketones (excluding diaryl/α,β-unsaturated/α-hetero) is 1. The molecule has 17 heavy (non-hydrogen) atoms. The van der Waals surface area contributed by atoms with E-state index >= 15 is 0 Å². The minimum absolute atomic E-state index is 0.0931. The molecule has 0 aromatic heterocycles. The van der Waals surface area contributed by atoms with E-state index in [-0.39, 0.29) is 17.7 Å². The van der Waals surface area contributed by atoms with E-state index in [1.54, 1.807) is 6.92 Å². The molecule has 0 amide bonds. The number of ether oxygens (including phenoxy) is 1. The summed E-state index contributed by atoms with van der Waals surface area (Å²) in [6.45, 7) is -1.52. The monoisotopic (exact) mass is 245 g/mol. The lowest BCUT2D eigenvalue weighted by Crippen LogP contribution is -2.06. The van der Waals surface area contributed by atoms with Crippen molar-refractivity contribution in [2.45, 2.75) is 20.0 Å². The molecule has 0 aliphatic heterocycles. The maximum Gasteiger partial charge on any atom is 0.387 e. The van der Waals surface area contributed by atoms with E-state index in [0.29, 0.717) is 0 Å². The molecule has 0 spiro atoms.